The van der Waals surface area contributed by atoms with Crippen molar-refractivity contribution in [1.82, 2.24) is 4.57 Å². The summed E-state index contributed by atoms with van der Waals surface area (Å²) in [6, 6.07) is 10.8. The number of methoxy groups -OCH3 is 1. The maximum Gasteiger partial charge on any atom is 0.182 e. The SMILES string of the molecule is COc1ccc(/C(C#N)=C\n2c(C)cc(=O)cc2C)cc1OCC1CC1. The number of allylic oxidation sites excluding steroid dienone is 1. The summed E-state index contributed by atoms with van der Waals surface area (Å²) in [7, 11) is 1.60. The maximum absolute atomic E-state index is 11.6. The minimum atomic E-state index is -0.0385. The summed E-state index contributed by atoms with van der Waals surface area (Å²) in [4.78, 5) is 11.6. The molecular formula is C21H22N2O3. The normalized spacial score (nSPS) is 14.0. The summed E-state index contributed by atoms with van der Waals surface area (Å²) in [5, 5.41) is 9.66. The van der Waals surface area contributed by atoms with E-state index in [2.05, 4.69) is 6.07 Å². The molecule has 0 saturated heterocycles. The summed E-state index contributed by atoms with van der Waals surface area (Å²) < 4.78 is 13.1. The predicted octanol–water partition coefficient (Wildman–Crippen LogP) is 3.78. The Morgan fingerprint density at radius 2 is 1.92 bits per heavy atom. The molecule has 5 heteroatoms. The van der Waals surface area contributed by atoms with E-state index in [4.69, 9.17) is 9.47 Å². The molecule has 0 spiro atoms. The first kappa shape index (κ1) is 17.8. The second-order valence-corrected chi connectivity index (χ2v) is 6.62. The van der Waals surface area contributed by atoms with Crippen molar-refractivity contribution in [2.45, 2.75) is 26.7 Å². The van der Waals surface area contributed by atoms with Gasteiger partial charge in [-0.3, -0.25) is 4.79 Å². The molecule has 1 aliphatic rings. The van der Waals surface area contributed by atoms with Crippen molar-refractivity contribution < 1.29 is 9.47 Å². The zero-order chi connectivity index (χ0) is 18.7. The molecule has 1 aromatic heterocycles. The van der Waals surface area contributed by atoms with E-state index in [1.54, 1.807) is 25.4 Å². The van der Waals surface area contributed by atoms with Gasteiger partial charge in [-0.1, -0.05) is 0 Å². The van der Waals surface area contributed by atoms with Crippen LogP contribution in [-0.4, -0.2) is 18.3 Å². The van der Waals surface area contributed by atoms with Crippen molar-refractivity contribution in [3.05, 3.63) is 57.5 Å². The number of nitriles is 1. The van der Waals surface area contributed by atoms with Gasteiger partial charge in [0.25, 0.3) is 0 Å². The van der Waals surface area contributed by atoms with Crippen LogP contribution in [0.4, 0.5) is 0 Å². The van der Waals surface area contributed by atoms with E-state index < -0.39 is 0 Å². The predicted molar refractivity (Wildman–Crippen MR) is 101 cm³/mol. The average molecular weight is 350 g/mol. The molecule has 26 heavy (non-hydrogen) atoms. The van der Waals surface area contributed by atoms with Crippen LogP contribution < -0.4 is 14.9 Å². The monoisotopic (exact) mass is 350 g/mol. The van der Waals surface area contributed by atoms with Gasteiger partial charge in [-0.15, -0.1) is 0 Å². The minimum Gasteiger partial charge on any atom is -0.493 e. The summed E-state index contributed by atoms with van der Waals surface area (Å²) in [6.45, 7) is 4.36. The third-order valence-electron chi connectivity index (χ3n) is 4.49. The highest BCUT2D eigenvalue weighted by Crippen LogP contribution is 2.34. The van der Waals surface area contributed by atoms with Crippen molar-refractivity contribution in [2.24, 2.45) is 5.92 Å². The van der Waals surface area contributed by atoms with Crippen LogP contribution in [0.2, 0.25) is 0 Å². The molecule has 0 atom stereocenters. The number of hydrogen-bond donors (Lipinski definition) is 0. The second-order valence-electron chi connectivity index (χ2n) is 6.62. The highest BCUT2D eigenvalue weighted by atomic mass is 16.5. The first-order chi connectivity index (χ1) is 12.5. The molecule has 5 nitrogen and oxygen atoms in total. The van der Waals surface area contributed by atoms with Crippen LogP contribution >= 0.6 is 0 Å². The van der Waals surface area contributed by atoms with Crippen molar-refractivity contribution >= 4 is 11.8 Å². The number of pyridine rings is 1. The van der Waals surface area contributed by atoms with Crippen LogP contribution in [0.1, 0.15) is 29.8 Å². The van der Waals surface area contributed by atoms with E-state index in [-0.39, 0.29) is 5.43 Å². The van der Waals surface area contributed by atoms with Crippen molar-refractivity contribution in [1.29, 1.82) is 5.26 Å². The topological polar surface area (TPSA) is 64.2 Å². The van der Waals surface area contributed by atoms with Gasteiger partial charge in [0.05, 0.1) is 19.3 Å². The first-order valence-corrected chi connectivity index (χ1v) is 8.64. The smallest absolute Gasteiger partial charge is 0.182 e. The molecule has 0 aliphatic heterocycles. The molecule has 2 aromatic rings. The highest BCUT2D eigenvalue weighted by molar-refractivity contribution is 5.86. The average Bonchev–Trinajstić information content (AvgIpc) is 3.43. The van der Waals surface area contributed by atoms with Crippen molar-refractivity contribution in [3.8, 4) is 17.6 Å². The fourth-order valence-electron chi connectivity index (χ4n) is 2.82. The molecule has 1 aromatic carbocycles. The number of nitrogens with zero attached hydrogens (tertiary/aromatic N) is 2. The molecule has 0 radical (unpaired) electrons. The number of aryl methyl sites for hydroxylation is 2. The van der Waals surface area contributed by atoms with Crippen LogP contribution in [0.25, 0.3) is 11.8 Å². The van der Waals surface area contributed by atoms with Gasteiger partial charge >= 0.3 is 0 Å². The van der Waals surface area contributed by atoms with Gasteiger partial charge in [0.2, 0.25) is 0 Å². The van der Waals surface area contributed by atoms with Gasteiger partial charge in [-0.25, -0.2) is 0 Å². The summed E-state index contributed by atoms with van der Waals surface area (Å²) in [6.07, 6.45) is 4.16. The highest BCUT2D eigenvalue weighted by Gasteiger charge is 2.22. The number of ether oxygens (including phenoxy) is 2. The van der Waals surface area contributed by atoms with Crippen molar-refractivity contribution in [2.75, 3.05) is 13.7 Å². The zero-order valence-corrected chi connectivity index (χ0v) is 15.3. The zero-order valence-electron chi connectivity index (χ0n) is 15.3. The van der Waals surface area contributed by atoms with Gasteiger partial charge < -0.3 is 14.0 Å². The van der Waals surface area contributed by atoms with Crippen molar-refractivity contribution in [3.63, 3.8) is 0 Å². The lowest BCUT2D eigenvalue weighted by atomic mass is 10.1. The van der Waals surface area contributed by atoms with Crippen LogP contribution in [0.15, 0.2) is 35.1 Å². The summed E-state index contributed by atoms with van der Waals surface area (Å²) in [5.74, 6) is 1.93. The van der Waals surface area contributed by atoms with E-state index in [1.165, 1.54) is 12.8 Å². The van der Waals surface area contributed by atoms with Crippen LogP contribution in [0.3, 0.4) is 0 Å². The summed E-state index contributed by atoms with van der Waals surface area (Å²) in [5.41, 5.74) is 2.75. The number of rotatable bonds is 6. The number of hydrogen-bond acceptors (Lipinski definition) is 4. The molecule has 1 aliphatic carbocycles. The van der Waals surface area contributed by atoms with E-state index in [1.807, 2.05) is 36.6 Å². The Labute approximate surface area is 153 Å². The van der Waals surface area contributed by atoms with Crippen LogP contribution in [0, 0.1) is 31.1 Å². The number of benzene rings is 1. The lowest BCUT2D eigenvalue weighted by Crippen LogP contribution is -2.09. The lowest BCUT2D eigenvalue weighted by molar-refractivity contribution is 0.280. The van der Waals surface area contributed by atoms with Gasteiger partial charge in [0.1, 0.15) is 6.07 Å². The Balaban J connectivity index is 1.98. The molecule has 0 N–H and O–H groups in total. The molecule has 1 saturated carbocycles. The van der Waals surface area contributed by atoms with Gasteiger partial charge in [0.15, 0.2) is 16.9 Å². The summed E-state index contributed by atoms with van der Waals surface area (Å²) >= 11 is 0. The Bertz CT molecular complexity index is 920. The Morgan fingerprint density at radius 3 is 2.50 bits per heavy atom. The third kappa shape index (κ3) is 3.97. The molecule has 3 rings (SSSR count). The molecular weight excluding hydrogens is 328 g/mol. The molecule has 0 amide bonds. The van der Waals surface area contributed by atoms with E-state index in [0.717, 1.165) is 17.0 Å². The quantitative estimate of drug-likeness (QED) is 0.744. The van der Waals surface area contributed by atoms with E-state index >= 15 is 0 Å². The molecule has 134 valence electrons. The molecule has 0 unspecified atom stereocenters. The Hall–Kier alpha value is -3.00. The maximum atomic E-state index is 11.6. The third-order valence-corrected chi connectivity index (χ3v) is 4.49. The fraction of sp³-hybridized carbons (Fsp3) is 0.333. The molecule has 1 fully saturated rings. The lowest BCUT2D eigenvalue weighted by Gasteiger charge is -2.13. The first-order valence-electron chi connectivity index (χ1n) is 8.64. The van der Waals surface area contributed by atoms with E-state index in [0.29, 0.717) is 29.6 Å². The minimum absolute atomic E-state index is 0.0385. The van der Waals surface area contributed by atoms with Gasteiger partial charge in [-0.05, 0) is 56.4 Å². The second kappa shape index (κ2) is 7.49. The van der Waals surface area contributed by atoms with Gasteiger partial charge in [0, 0.05) is 29.7 Å². The van der Waals surface area contributed by atoms with E-state index in [9.17, 15) is 10.1 Å². The van der Waals surface area contributed by atoms with Crippen LogP contribution in [0.5, 0.6) is 11.5 Å². The standard InChI is InChI=1S/C21H22N2O3/c1-14-8-19(24)9-15(2)23(14)12-18(11-22)17-6-7-20(25-3)21(10-17)26-13-16-4-5-16/h6-10,12,16H,4-5,13H2,1-3H3/b18-12-. The van der Waals surface area contributed by atoms with Crippen LogP contribution in [-0.2, 0) is 0 Å². The number of aromatic nitrogens is 1. The fourth-order valence-corrected chi connectivity index (χ4v) is 2.82. The molecule has 0 bridgehead atoms. The Morgan fingerprint density at radius 1 is 1.23 bits per heavy atom. The van der Waals surface area contributed by atoms with Gasteiger partial charge in [-0.2, -0.15) is 5.26 Å². The Kier molecular flexibility index (Phi) is 5.13. The molecule has 1 heterocycles. The largest absolute Gasteiger partial charge is 0.493 e.